The fourth-order valence-electron chi connectivity index (χ4n) is 4.30. The molecule has 5 N–H and O–H groups in total. The second-order valence-electron chi connectivity index (χ2n) is 11.8. The number of urea groups is 1. The Labute approximate surface area is 266 Å². The predicted molar refractivity (Wildman–Crippen MR) is 187 cm³/mol. The summed E-state index contributed by atoms with van der Waals surface area (Å²) in [6.45, 7) is 11.0. The van der Waals surface area contributed by atoms with E-state index in [1.807, 2.05) is 69.1 Å². The summed E-state index contributed by atoms with van der Waals surface area (Å²) in [5, 5.41) is 29.7. The highest BCUT2D eigenvalue weighted by Gasteiger charge is 2.18. The number of allylic oxidation sites excluding steroid dienone is 1. The molecule has 0 saturated carbocycles. The molecule has 0 aliphatic rings. The van der Waals surface area contributed by atoms with Crippen molar-refractivity contribution in [2.24, 2.45) is 5.41 Å². The molecule has 0 fully saturated rings. The highest BCUT2D eigenvalue weighted by Crippen LogP contribution is 2.34. The molecule has 11 heteroatoms. The molecule has 1 aromatic heterocycles. The van der Waals surface area contributed by atoms with Crippen LogP contribution in [0.1, 0.15) is 27.2 Å². The number of fused-ring (bicyclic) bond motifs is 1. The zero-order valence-electron chi connectivity index (χ0n) is 26.7. The molecule has 0 unspecified atom stereocenters. The average Bonchev–Trinajstić information content (AvgIpc) is 3.01. The van der Waals surface area contributed by atoms with Gasteiger partial charge in [-0.1, -0.05) is 65.1 Å². The molecule has 3 aromatic carbocycles. The normalized spacial score (nSPS) is 11.8. The minimum absolute atomic E-state index is 0.0897. The fourth-order valence-corrected chi connectivity index (χ4v) is 5.05. The Morgan fingerprint density at radius 2 is 1.73 bits per heavy atom. The second kappa shape index (κ2) is 15.0. The first-order chi connectivity index (χ1) is 21.4. The maximum absolute atomic E-state index is 13.3. The third-order valence-electron chi connectivity index (χ3n) is 6.96. The smallest absolute Gasteiger partial charge is 0.324 e. The number of nitrogens with one attached hydrogen (secondary N) is 4. The van der Waals surface area contributed by atoms with Crippen LogP contribution < -0.4 is 30.9 Å². The molecule has 4 rings (SSSR count). The van der Waals surface area contributed by atoms with Crippen LogP contribution in [0.4, 0.5) is 22.1 Å². The standard InChI is InChI=1S/C34H42N7O3P/c1-34(2,3)29(35)22-30(37-23-12-14-24(15-13-23)45(5)6)39-33(43)38-27-16-17-28(26-11-8-7-10-25(26)27)44-31-18-19-36-32(40-31)41(4)20-9-21-42/h7-8,10-19,22,35,37,42H,9,20-21H2,1-6H3,(H2,38,39,43)/b30-22+,35-29?. The van der Waals surface area contributed by atoms with Crippen molar-refractivity contribution in [1.82, 2.24) is 15.3 Å². The minimum atomic E-state index is -0.456. The molecule has 0 spiro atoms. The summed E-state index contributed by atoms with van der Waals surface area (Å²) >= 11 is 0. The number of hydrogen-bond donors (Lipinski definition) is 5. The van der Waals surface area contributed by atoms with Gasteiger partial charge >= 0.3 is 6.03 Å². The summed E-state index contributed by atoms with van der Waals surface area (Å²) in [6, 6.07) is 20.5. The number of aliphatic hydroxyl groups is 1. The Bertz CT molecular complexity index is 1670. The molecule has 236 valence electrons. The van der Waals surface area contributed by atoms with Crippen LogP contribution >= 0.6 is 7.92 Å². The van der Waals surface area contributed by atoms with Crippen molar-refractivity contribution in [1.29, 1.82) is 5.41 Å². The Hall–Kier alpha value is -4.53. The van der Waals surface area contributed by atoms with Crippen LogP contribution in [0, 0.1) is 10.8 Å². The van der Waals surface area contributed by atoms with Gasteiger partial charge in [-0.15, -0.1) is 0 Å². The SMILES string of the molecule is CN(CCCO)c1nccc(Oc2ccc(NC(=O)N/C(=C/C(=N)C(C)(C)C)Nc3ccc(P(C)C)cc3)c3ccccc23)n1. The van der Waals surface area contributed by atoms with Crippen molar-refractivity contribution in [2.45, 2.75) is 27.2 Å². The number of carbonyl (C=O) groups is 1. The molecule has 10 nitrogen and oxygen atoms in total. The van der Waals surface area contributed by atoms with Crippen molar-refractivity contribution >= 4 is 53.1 Å². The number of anilines is 3. The molecule has 0 atom stereocenters. The highest BCUT2D eigenvalue weighted by atomic mass is 31.1. The van der Waals surface area contributed by atoms with Crippen molar-refractivity contribution in [3.8, 4) is 11.6 Å². The molecule has 45 heavy (non-hydrogen) atoms. The summed E-state index contributed by atoms with van der Waals surface area (Å²) in [5.41, 5.74) is 1.37. The van der Waals surface area contributed by atoms with Crippen LogP contribution in [0.5, 0.6) is 11.6 Å². The minimum Gasteiger partial charge on any atom is -0.438 e. The van der Waals surface area contributed by atoms with Crippen LogP contribution in [-0.4, -0.2) is 60.3 Å². The number of nitrogens with zero attached hydrogens (tertiary/aromatic N) is 3. The van der Waals surface area contributed by atoms with Crippen molar-refractivity contribution in [3.05, 3.63) is 84.8 Å². The molecule has 0 aliphatic heterocycles. The third-order valence-corrected chi connectivity index (χ3v) is 8.30. The van der Waals surface area contributed by atoms with Gasteiger partial charge < -0.3 is 30.8 Å². The van der Waals surface area contributed by atoms with Crippen molar-refractivity contribution < 1.29 is 14.6 Å². The highest BCUT2D eigenvalue weighted by molar-refractivity contribution is 7.64. The fraction of sp³-hybridized carbons (Fsp3) is 0.294. The van der Waals surface area contributed by atoms with Gasteiger partial charge in [-0.25, -0.2) is 9.78 Å². The van der Waals surface area contributed by atoms with Crippen molar-refractivity contribution in [3.63, 3.8) is 0 Å². The monoisotopic (exact) mass is 627 g/mol. The number of aromatic nitrogens is 2. The topological polar surface area (TPSA) is 135 Å². The van der Waals surface area contributed by atoms with E-state index in [2.05, 4.69) is 51.4 Å². The van der Waals surface area contributed by atoms with E-state index >= 15 is 0 Å². The maximum Gasteiger partial charge on any atom is 0.324 e. The number of benzene rings is 3. The van der Waals surface area contributed by atoms with Crippen LogP contribution in [-0.2, 0) is 0 Å². The van der Waals surface area contributed by atoms with Crippen LogP contribution in [0.25, 0.3) is 10.8 Å². The first-order valence-corrected chi connectivity index (χ1v) is 17.0. The van der Waals surface area contributed by atoms with Gasteiger partial charge in [-0.3, -0.25) is 5.32 Å². The molecule has 1 heterocycles. The largest absolute Gasteiger partial charge is 0.438 e. The summed E-state index contributed by atoms with van der Waals surface area (Å²) in [6.07, 6.45) is 3.88. The summed E-state index contributed by atoms with van der Waals surface area (Å²) in [7, 11) is 1.64. The first-order valence-electron chi connectivity index (χ1n) is 14.7. The van der Waals surface area contributed by atoms with Crippen LogP contribution in [0.2, 0.25) is 0 Å². The van der Waals surface area contributed by atoms with Gasteiger partial charge in [0.15, 0.2) is 0 Å². The quantitative estimate of drug-likeness (QED) is 0.0866. The van der Waals surface area contributed by atoms with Gasteiger partial charge in [0.25, 0.3) is 0 Å². The Morgan fingerprint density at radius 3 is 2.40 bits per heavy atom. The third kappa shape index (κ3) is 9.23. The van der Waals surface area contributed by atoms with Gasteiger partial charge in [-0.2, -0.15) is 4.98 Å². The summed E-state index contributed by atoms with van der Waals surface area (Å²) in [4.78, 5) is 24.0. The lowest BCUT2D eigenvalue weighted by atomic mass is 9.90. The predicted octanol–water partition coefficient (Wildman–Crippen LogP) is 6.75. The zero-order valence-corrected chi connectivity index (χ0v) is 27.6. The molecule has 0 radical (unpaired) electrons. The van der Waals surface area contributed by atoms with Crippen LogP contribution in [0.15, 0.2) is 84.8 Å². The zero-order chi connectivity index (χ0) is 32.6. The van der Waals surface area contributed by atoms with E-state index in [0.717, 1.165) is 16.5 Å². The van der Waals surface area contributed by atoms with E-state index in [1.165, 1.54) is 5.30 Å². The maximum atomic E-state index is 13.3. The number of aliphatic hydroxyl groups excluding tert-OH is 1. The van der Waals surface area contributed by atoms with E-state index in [0.29, 0.717) is 47.8 Å². The lowest BCUT2D eigenvalue weighted by Crippen LogP contribution is -2.32. The number of rotatable bonds is 12. The van der Waals surface area contributed by atoms with Gasteiger partial charge in [0.1, 0.15) is 11.6 Å². The molecular formula is C34H42N7O3P. The molecule has 0 aliphatic carbocycles. The lowest BCUT2D eigenvalue weighted by Gasteiger charge is -2.20. The summed E-state index contributed by atoms with van der Waals surface area (Å²) < 4.78 is 6.18. The van der Waals surface area contributed by atoms with E-state index in [9.17, 15) is 4.79 Å². The van der Waals surface area contributed by atoms with Gasteiger partial charge in [0.05, 0.1) is 5.69 Å². The number of ether oxygens (including phenoxy) is 1. The number of amides is 2. The summed E-state index contributed by atoms with van der Waals surface area (Å²) in [5.74, 6) is 1.84. The average molecular weight is 628 g/mol. The van der Waals surface area contributed by atoms with Gasteiger partial charge in [0.2, 0.25) is 11.8 Å². The Balaban J connectivity index is 1.55. The van der Waals surface area contributed by atoms with E-state index in [-0.39, 0.29) is 14.5 Å². The number of hydrogen-bond acceptors (Lipinski definition) is 8. The number of carbonyl (C=O) groups excluding carboxylic acids is 1. The van der Waals surface area contributed by atoms with Crippen molar-refractivity contribution in [2.75, 3.05) is 49.1 Å². The van der Waals surface area contributed by atoms with E-state index in [1.54, 1.807) is 30.5 Å². The molecule has 2 amide bonds. The molecular weight excluding hydrogens is 585 g/mol. The Morgan fingerprint density at radius 1 is 1.02 bits per heavy atom. The molecule has 0 bridgehead atoms. The van der Waals surface area contributed by atoms with Gasteiger partial charge in [0, 0.05) is 66.1 Å². The Kier molecular flexibility index (Phi) is 11.1. The molecule has 4 aromatic rings. The van der Waals surface area contributed by atoms with Crippen LogP contribution in [0.3, 0.4) is 0 Å². The lowest BCUT2D eigenvalue weighted by molar-refractivity contribution is 0.254. The van der Waals surface area contributed by atoms with E-state index < -0.39 is 11.4 Å². The first kappa shape index (κ1) is 33.4. The van der Waals surface area contributed by atoms with E-state index in [4.69, 9.17) is 15.3 Å². The van der Waals surface area contributed by atoms with Gasteiger partial charge in [-0.05, 0) is 49.3 Å². The molecule has 0 saturated heterocycles. The second-order valence-corrected chi connectivity index (χ2v) is 14.1.